The van der Waals surface area contributed by atoms with Gasteiger partial charge in [0.2, 0.25) is 0 Å². The van der Waals surface area contributed by atoms with Crippen LogP contribution in [0.25, 0.3) is 0 Å². The van der Waals surface area contributed by atoms with E-state index < -0.39 is 0 Å². The van der Waals surface area contributed by atoms with Crippen LogP contribution in [0.3, 0.4) is 0 Å². The van der Waals surface area contributed by atoms with Gasteiger partial charge in [-0.2, -0.15) is 0 Å². The Labute approximate surface area is 108 Å². The number of hydrogen-bond donors (Lipinski definition) is 0. The Morgan fingerprint density at radius 2 is 2.06 bits per heavy atom. The molecule has 0 spiro atoms. The zero-order valence-electron chi connectivity index (χ0n) is 10.4. The van der Waals surface area contributed by atoms with Gasteiger partial charge in [-0.25, -0.2) is 0 Å². The molecule has 0 aliphatic heterocycles. The van der Waals surface area contributed by atoms with Crippen LogP contribution in [-0.2, 0) is 9.53 Å². The number of rotatable bonds is 6. The van der Waals surface area contributed by atoms with Crippen LogP contribution in [0, 0.1) is 0 Å². The van der Waals surface area contributed by atoms with Gasteiger partial charge in [-0.15, -0.1) is 0 Å². The van der Waals surface area contributed by atoms with Gasteiger partial charge >= 0.3 is 5.97 Å². The lowest BCUT2D eigenvalue weighted by Gasteiger charge is -2.15. The van der Waals surface area contributed by atoms with Crippen LogP contribution in [0.1, 0.15) is 44.6 Å². The molecule has 94 valence electrons. The van der Waals surface area contributed by atoms with Crippen LogP contribution in [0.4, 0.5) is 0 Å². The average Bonchev–Trinajstić information content (AvgIpc) is 2.34. The predicted octanol–water partition coefficient (Wildman–Crippen LogP) is 4.18. The van der Waals surface area contributed by atoms with Gasteiger partial charge in [0.05, 0.1) is 13.0 Å². The molecular formula is C14H19ClO2. The maximum Gasteiger partial charge on any atom is 0.306 e. The van der Waals surface area contributed by atoms with Gasteiger partial charge in [-0.1, -0.05) is 43.6 Å². The molecule has 0 unspecified atom stereocenters. The third kappa shape index (κ3) is 4.39. The van der Waals surface area contributed by atoms with Crippen molar-refractivity contribution >= 4 is 17.6 Å². The summed E-state index contributed by atoms with van der Waals surface area (Å²) in [5.41, 5.74) is 1.03. The maximum absolute atomic E-state index is 11.6. The number of esters is 1. The fraction of sp³-hybridized carbons (Fsp3) is 0.500. The first-order valence-electron chi connectivity index (χ1n) is 6.09. The van der Waals surface area contributed by atoms with Crippen LogP contribution >= 0.6 is 11.6 Å². The Morgan fingerprint density at radius 1 is 1.35 bits per heavy atom. The molecule has 0 aliphatic carbocycles. The van der Waals surface area contributed by atoms with Crippen LogP contribution in [0.15, 0.2) is 24.3 Å². The highest BCUT2D eigenvalue weighted by Crippen LogP contribution is 2.29. The molecule has 0 aromatic heterocycles. The standard InChI is InChI=1S/C14H19ClO2/c1-3-9-17-14(16)10-11(4-2)12-7-5-6-8-13(12)15/h5-8,11H,3-4,9-10H2,1-2H3/t11-/m0/s1. The van der Waals surface area contributed by atoms with Gasteiger partial charge in [0.1, 0.15) is 0 Å². The van der Waals surface area contributed by atoms with Crippen molar-refractivity contribution in [1.82, 2.24) is 0 Å². The highest BCUT2D eigenvalue weighted by Gasteiger charge is 2.17. The summed E-state index contributed by atoms with van der Waals surface area (Å²) in [5.74, 6) is 0.00618. The van der Waals surface area contributed by atoms with E-state index in [1.165, 1.54) is 0 Å². The van der Waals surface area contributed by atoms with Crippen molar-refractivity contribution in [2.24, 2.45) is 0 Å². The molecule has 0 heterocycles. The Kier molecular flexibility index (Phi) is 6.06. The number of halogens is 1. The second-order valence-corrected chi connectivity index (χ2v) is 4.46. The van der Waals surface area contributed by atoms with Crippen molar-refractivity contribution in [3.63, 3.8) is 0 Å². The van der Waals surface area contributed by atoms with E-state index in [9.17, 15) is 4.79 Å². The molecule has 1 rings (SSSR count). The summed E-state index contributed by atoms with van der Waals surface area (Å²) in [7, 11) is 0. The van der Waals surface area contributed by atoms with E-state index in [0.717, 1.165) is 23.4 Å². The molecule has 1 aromatic carbocycles. The number of benzene rings is 1. The van der Waals surface area contributed by atoms with Crippen molar-refractivity contribution in [3.05, 3.63) is 34.9 Å². The van der Waals surface area contributed by atoms with Crippen LogP contribution < -0.4 is 0 Å². The van der Waals surface area contributed by atoms with E-state index in [1.54, 1.807) is 0 Å². The Morgan fingerprint density at radius 3 is 2.65 bits per heavy atom. The molecule has 0 radical (unpaired) electrons. The average molecular weight is 255 g/mol. The van der Waals surface area contributed by atoms with Crippen molar-refractivity contribution in [2.45, 2.75) is 39.0 Å². The smallest absolute Gasteiger partial charge is 0.306 e. The maximum atomic E-state index is 11.6. The van der Waals surface area contributed by atoms with Gasteiger partial charge in [0.15, 0.2) is 0 Å². The zero-order chi connectivity index (χ0) is 12.7. The number of hydrogen-bond acceptors (Lipinski definition) is 2. The molecule has 17 heavy (non-hydrogen) atoms. The number of carbonyl (C=O) groups is 1. The Hall–Kier alpha value is -1.02. The molecule has 0 aliphatic rings. The minimum absolute atomic E-state index is 0.140. The summed E-state index contributed by atoms with van der Waals surface area (Å²) in [5, 5.41) is 0.725. The highest BCUT2D eigenvalue weighted by molar-refractivity contribution is 6.31. The highest BCUT2D eigenvalue weighted by atomic mass is 35.5. The van der Waals surface area contributed by atoms with E-state index in [2.05, 4.69) is 6.92 Å². The first-order chi connectivity index (χ1) is 8.19. The molecule has 0 amide bonds. The third-order valence-electron chi connectivity index (χ3n) is 2.72. The quantitative estimate of drug-likeness (QED) is 0.712. The van der Waals surface area contributed by atoms with E-state index >= 15 is 0 Å². The van der Waals surface area contributed by atoms with Crippen molar-refractivity contribution < 1.29 is 9.53 Å². The predicted molar refractivity (Wildman–Crippen MR) is 70.4 cm³/mol. The molecule has 0 saturated heterocycles. The summed E-state index contributed by atoms with van der Waals surface area (Å²) in [6, 6.07) is 7.68. The summed E-state index contributed by atoms with van der Waals surface area (Å²) in [6.07, 6.45) is 2.14. The summed E-state index contributed by atoms with van der Waals surface area (Å²) in [6.45, 7) is 4.54. The first kappa shape index (κ1) is 14.0. The molecular weight excluding hydrogens is 236 g/mol. The van der Waals surface area contributed by atoms with Crippen LogP contribution in [0.5, 0.6) is 0 Å². The Balaban J connectivity index is 2.66. The minimum atomic E-state index is -0.140. The molecule has 0 fully saturated rings. The number of carbonyl (C=O) groups excluding carboxylic acids is 1. The molecule has 2 nitrogen and oxygen atoms in total. The van der Waals surface area contributed by atoms with E-state index in [4.69, 9.17) is 16.3 Å². The van der Waals surface area contributed by atoms with Crippen molar-refractivity contribution in [2.75, 3.05) is 6.61 Å². The van der Waals surface area contributed by atoms with Crippen LogP contribution in [-0.4, -0.2) is 12.6 Å². The molecule has 0 bridgehead atoms. The van der Waals surface area contributed by atoms with Gasteiger partial charge in [-0.05, 0) is 30.4 Å². The van der Waals surface area contributed by atoms with Crippen molar-refractivity contribution in [3.8, 4) is 0 Å². The van der Waals surface area contributed by atoms with E-state index in [1.807, 2.05) is 31.2 Å². The Bertz CT molecular complexity index is 363. The second-order valence-electron chi connectivity index (χ2n) is 4.05. The SMILES string of the molecule is CCCOC(=O)C[C@H](CC)c1ccccc1Cl. The van der Waals surface area contributed by atoms with Crippen molar-refractivity contribution in [1.29, 1.82) is 0 Å². The van der Waals surface area contributed by atoms with Gasteiger partial charge in [-0.3, -0.25) is 4.79 Å². The second kappa shape index (κ2) is 7.33. The summed E-state index contributed by atoms with van der Waals surface area (Å²) < 4.78 is 5.10. The fourth-order valence-corrected chi connectivity index (χ4v) is 2.05. The van der Waals surface area contributed by atoms with Gasteiger partial charge < -0.3 is 4.74 Å². The topological polar surface area (TPSA) is 26.3 Å². The lowest BCUT2D eigenvalue weighted by molar-refractivity contribution is -0.144. The normalized spacial score (nSPS) is 12.2. The monoisotopic (exact) mass is 254 g/mol. The van der Waals surface area contributed by atoms with Crippen LogP contribution in [0.2, 0.25) is 5.02 Å². The van der Waals surface area contributed by atoms with Gasteiger partial charge in [0.25, 0.3) is 0 Å². The fourth-order valence-electron chi connectivity index (χ4n) is 1.76. The molecule has 3 heteroatoms. The largest absolute Gasteiger partial charge is 0.466 e. The number of ether oxygens (including phenoxy) is 1. The molecule has 0 N–H and O–H groups in total. The summed E-state index contributed by atoms with van der Waals surface area (Å²) >= 11 is 6.13. The van der Waals surface area contributed by atoms with Gasteiger partial charge in [0, 0.05) is 5.02 Å². The summed E-state index contributed by atoms with van der Waals surface area (Å²) in [4.78, 5) is 11.6. The minimum Gasteiger partial charge on any atom is -0.466 e. The zero-order valence-corrected chi connectivity index (χ0v) is 11.2. The molecule has 1 aromatic rings. The van der Waals surface area contributed by atoms with E-state index in [0.29, 0.717) is 13.0 Å². The third-order valence-corrected chi connectivity index (χ3v) is 3.06. The first-order valence-corrected chi connectivity index (χ1v) is 6.46. The molecule has 0 saturated carbocycles. The lowest BCUT2D eigenvalue weighted by atomic mass is 9.93. The lowest BCUT2D eigenvalue weighted by Crippen LogP contribution is -2.11. The van der Waals surface area contributed by atoms with E-state index in [-0.39, 0.29) is 11.9 Å². The molecule has 1 atom stereocenters.